The second kappa shape index (κ2) is 5.85. The number of halogens is 1. The molecule has 3 rings (SSSR count). The molecule has 0 saturated carbocycles. The fourth-order valence-electron chi connectivity index (χ4n) is 3.31. The lowest BCUT2D eigenvalue weighted by Crippen LogP contribution is -2.24. The van der Waals surface area contributed by atoms with Gasteiger partial charge >= 0.3 is 0 Å². The second-order valence-electron chi connectivity index (χ2n) is 5.97. The Kier molecular flexibility index (Phi) is 4.09. The van der Waals surface area contributed by atoms with Crippen LogP contribution in [0.1, 0.15) is 44.3 Å². The Morgan fingerprint density at radius 3 is 2.95 bits per heavy atom. The summed E-state index contributed by atoms with van der Waals surface area (Å²) >= 11 is 6.39. The molecule has 21 heavy (non-hydrogen) atoms. The third-order valence-electron chi connectivity index (χ3n) is 4.69. The van der Waals surface area contributed by atoms with Crippen LogP contribution in [0.4, 0.5) is 11.4 Å². The minimum absolute atomic E-state index is 0.375. The van der Waals surface area contributed by atoms with Crippen molar-refractivity contribution in [2.75, 3.05) is 23.3 Å². The van der Waals surface area contributed by atoms with Crippen LogP contribution in [0.15, 0.2) is 12.1 Å². The summed E-state index contributed by atoms with van der Waals surface area (Å²) in [6, 6.07) is 3.62. The maximum absolute atomic E-state index is 11.5. The molecule has 1 amide bonds. The summed E-state index contributed by atoms with van der Waals surface area (Å²) < 4.78 is 0. The van der Waals surface area contributed by atoms with Crippen LogP contribution >= 0.6 is 11.6 Å². The van der Waals surface area contributed by atoms with Crippen LogP contribution in [0.3, 0.4) is 0 Å². The van der Waals surface area contributed by atoms with Gasteiger partial charge < -0.3 is 15.3 Å². The average molecular weight is 309 g/mol. The van der Waals surface area contributed by atoms with Crippen LogP contribution in [0.25, 0.3) is 0 Å². The van der Waals surface area contributed by atoms with E-state index in [1.54, 1.807) is 6.07 Å². The Balaban J connectivity index is 1.86. The molecule has 1 saturated heterocycles. The van der Waals surface area contributed by atoms with E-state index in [9.17, 15) is 9.90 Å². The highest BCUT2D eigenvalue weighted by Crippen LogP contribution is 2.39. The van der Waals surface area contributed by atoms with Gasteiger partial charge in [0.05, 0.1) is 10.7 Å². The highest BCUT2D eigenvalue weighted by molar-refractivity contribution is 6.33. The molecule has 2 atom stereocenters. The first-order valence-corrected chi connectivity index (χ1v) is 8.05. The van der Waals surface area contributed by atoms with Crippen molar-refractivity contribution in [3.63, 3.8) is 0 Å². The third-order valence-corrected chi connectivity index (χ3v) is 4.99. The Labute approximate surface area is 130 Å². The van der Waals surface area contributed by atoms with Crippen LogP contribution in [0.2, 0.25) is 5.02 Å². The molecule has 114 valence electrons. The zero-order valence-electron chi connectivity index (χ0n) is 12.2. The minimum atomic E-state index is -1.10. The molecule has 2 heterocycles. The molecule has 0 bridgehead atoms. The van der Waals surface area contributed by atoms with Gasteiger partial charge in [-0.25, -0.2) is 0 Å². The first-order valence-electron chi connectivity index (χ1n) is 7.67. The molecule has 0 aliphatic carbocycles. The summed E-state index contributed by atoms with van der Waals surface area (Å²) in [4.78, 5) is 13.8. The van der Waals surface area contributed by atoms with Crippen LogP contribution in [-0.2, 0) is 4.79 Å². The fourth-order valence-corrected chi connectivity index (χ4v) is 3.60. The highest BCUT2D eigenvalue weighted by Gasteiger charge is 2.30. The van der Waals surface area contributed by atoms with Gasteiger partial charge in [-0.15, -0.1) is 0 Å². The molecule has 0 radical (unpaired) electrons. The molecule has 1 aromatic rings. The van der Waals surface area contributed by atoms with Gasteiger partial charge in [0.1, 0.15) is 0 Å². The molecular formula is C16H21ClN2O2. The predicted octanol–water partition coefficient (Wildman–Crippen LogP) is 3.34. The van der Waals surface area contributed by atoms with Crippen LogP contribution in [0.5, 0.6) is 0 Å². The molecule has 0 spiro atoms. The number of fused-ring (bicyclic) bond motifs is 1. The van der Waals surface area contributed by atoms with Crippen molar-refractivity contribution in [2.45, 2.75) is 38.7 Å². The smallest absolute Gasteiger partial charge is 0.257 e. The number of anilines is 2. The van der Waals surface area contributed by atoms with Crippen molar-refractivity contribution >= 4 is 28.9 Å². The van der Waals surface area contributed by atoms with Gasteiger partial charge in [-0.1, -0.05) is 24.9 Å². The van der Waals surface area contributed by atoms with Crippen LogP contribution in [-0.4, -0.2) is 24.1 Å². The van der Waals surface area contributed by atoms with Gasteiger partial charge in [0.25, 0.3) is 5.91 Å². The number of nitrogens with zero attached hydrogens (tertiary/aromatic N) is 1. The van der Waals surface area contributed by atoms with Gasteiger partial charge in [0, 0.05) is 24.3 Å². The van der Waals surface area contributed by atoms with Gasteiger partial charge in [0.15, 0.2) is 6.10 Å². The maximum atomic E-state index is 11.5. The molecule has 2 unspecified atom stereocenters. The van der Waals surface area contributed by atoms with Crippen molar-refractivity contribution in [3.8, 4) is 0 Å². The first-order chi connectivity index (χ1) is 10.1. The Morgan fingerprint density at radius 1 is 1.38 bits per heavy atom. The molecule has 0 aromatic heterocycles. The summed E-state index contributed by atoms with van der Waals surface area (Å²) in [5, 5.41) is 13.1. The van der Waals surface area contributed by atoms with Crippen molar-refractivity contribution in [1.82, 2.24) is 0 Å². The third kappa shape index (κ3) is 2.74. The van der Waals surface area contributed by atoms with E-state index in [2.05, 4.69) is 17.1 Å². The van der Waals surface area contributed by atoms with E-state index >= 15 is 0 Å². The Hall–Kier alpha value is -1.26. The number of rotatable bonds is 2. The number of amides is 1. The average Bonchev–Trinajstić information content (AvgIpc) is 2.68. The lowest BCUT2D eigenvalue weighted by molar-refractivity contribution is -0.123. The number of hydrogen-bond acceptors (Lipinski definition) is 3. The summed E-state index contributed by atoms with van der Waals surface area (Å²) in [5.41, 5.74) is 2.22. The van der Waals surface area contributed by atoms with Gasteiger partial charge in [0.2, 0.25) is 0 Å². The molecule has 5 heteroatoms. The summed E-state index contributed by atoms with van der Waals surface area (Å²) in [6.45, 7) is 4.23. The number of nitrogens with one attached hydrogen (secondary N) is 1. The zero-order chi connectivity index (χ0) is 15.0. The Bertz CT molecular complexity index is 561. The lowest BCUT2D eigenvalue weighted by Gasteiger charge is -2.25. The van der Waals surface area contributed by atoms with Crippen molar-refractivity contribution in [2.24, 2.45) is 5.92 Å². The molecule has 2 aliphatic heterocycles. The second-order valence-corrected chi connectivity index (χ2v) is 6.38. The molecule has 2 N–H and O–H groups in total. The van der Waals surface area contributed by atoms with E-state index in [0.717, 1.165) is 24.7 Å². The lowest BCUT2D eigenvalue weighted by atomic mass is 9.98. The molecule has 1 aromatic carbocycles. The minimum Gasteiger partial charge on any atom is -0.378 e. The summed E-state index contributed by atoms with van der Waals surface area (Å²) in [7, 11) is 0. The fraction of sp³-hybridized carbons (Fsp3) is 0.562. The molecule has 2 aliphatic rings. The topological polar surface area (TPSA) is 52.6 Å². The number of hydrogen-bond donors (Lipinski definition) is 2. The summed E-state index contributed by atoms with van der Waals surface area (Å²) in [5.74, 6) is 0.421. The normalized spacial score (nSPS) is 25.5. The zero-order valence-corrected chi connectivity index (χ0v) is 13.0. The number of aliphatic hydroxyl groups excluding tert-OH is 1. The van der Waals surface area contributed by atoms with Gasteiger partial charge in [-0.2, -0.15) is 0 Å². The number of carbonyl (C=O) groups is 1. The quantitative estimate of drug-likeness (QED) is 0.881. The summed E-state index contributed by atoms with van der Waals surface area (Å²) in [6.07, 6.45) is 3.75. The molecule has 1 fully saturated rings. The van der Waals surface area contributed by atoms with E-state index in [1.807, 2.05) is 6.07 Å². The SMILES string of the molecule is CCC1CCCN(c2cc3c(cc2Cl)C(O)C(=O)N3)CC1. The van der Waals surface area contributed by atoms with Gasteiger partial charge in [-0.3, -0.25) is 4.79 Å². The molecular weight excluding hydrogens is 288 g/mol. The van der Waals surface area contributed by atoms with E-state index < -0.39 is 6.10 Å². The maximum Gasteiger partial charge on any atom is 0.257 e. The number of benzene rings is 1. The standard InChI is InChI=1S/C16H21ClN2O2/c1-2-10-4-3-6-19(7-5-10)14-9-13-11(8-12(14)17)15(20)16(21)18-13/h8-10,15,20H,2-7H2,1H3,(H,18,21). The molecule has 4 nitrogen and oxygen atoms in total. The number of aliphatic hydroxyl groups is 1. The van der Waals surface area contributed by atoms with E-state index in [0.29, 0.717) is 16.3 Å². The van der Waals surface area contributed by atoms with Crippen molar-refractivity contribution < 1.29 is 9.90 Å². The predicted molar refractivity (Wildman–Crippen MR) is 84.9 cm³/mol. The van der Waals surface area contributed by atoms with Crippen LogP contribution < -0.4 is 10.2 Å². The van der Waals surface area contributed by atoms with Crippen molar-refractivity contribution in [3.05, 3.63) is 22.7 Å². The van der Waals surface area contributed by atoms with E-state index in [-0.39, 0.29) is 5.91 Å². The largest absolute Gasteiger partial charge is 0.378 e. The van der Waals surface area contributed by atoms with Gasteiger partial charge in [-0.05, 0) is 37.3 Å². The van der Waals surface area contributed by atoms with E-state index in [4.69, 9.17) is 11.6 Å². The number of carbonyl (C=O) groups excluding carboxylic acids is 1. The first kappa shape index (κ1) is 14.7. The van der Waals surface area contributed by atoms with E-state index in [1.165, 1.54) is 25.7 Å². The Morgan fingerprint density at radius 2 is 2.19 bits per heavy atom. The van der Waals surface area contributed by atoms with Crippen LogP contribution in [0, 0.1) is 5.92 Å². The monoisotopic (exact) mass is 308 g/mol. The highest BCUT2D eigenvalue weighted by atomic mass is 35.5. The van der Waals surface area contributed by atoms with Crippen molar-refractivity contribution in [1.29, 1.82) is 0 Å².